The van der Waals surface area contributed by atoms with E-state index < -0.39 is 0 Å². The second-order valence-corrected chi connectivity index (χ2v) is 4.03. The maximum Gasteiger partial charge on any atom is 0.166 e. The van der Waals surface area contributed by atoms with Crippen LogP contribution in [-0.2, 0) is 17.8 Å². The van der Waals surface area contributed by atoms with Gasteiger partial charge in [0, 0.05) is 33.0 Å². The third-order valence-corrected chi connectivity index (χ3v) is 2.55. The Kier molecular flexibility index (Phi) is 6.57. The number of nitrogens with zero attached hydrogens (tertiary/aromatic N) is 2. The van der Waals surface area contributed by atoms with Gasteiger partial charge in [-0.2, -0.15) is 5.10 Å². The van der Waals surface area contributed by atoms with Crippen molar-refractivity contribution in [2.45, 2.75) is 26.4 Å². The van der Waals surface area contributed by atoms with E-state index in [4.69, 9.17) is 17.0 Å². The summed E-state index contributed by atoms with van der Waals surface area (Å²) in [5.41, 5.74) is 0.993. The zero-order valence-corrected chi connectivity index (χ0v) is 11.2. The lowest BCUT2D eigenvalue weighted by molar-refractivity contribution is 0.195. The molecule has 1 heterocycles. The Balaban J connectivity index is 2.14. The van der Waals surface area contributed by atoms with E-state index in [-0.39, 0.29) is 0 Å². The third-order valence-electron chi connectivity index (χ3n) is 2.26. The highest BCUT2D eigenvalue weighted by Gasteiger charge is 1.99. The Labute approximate surface area is 108 Å². The molecule has 1 aromatic rings. The van der Waals surface area contributed by atoms with Crippen LogP contribution in [0.5, 0.6) is 0 Å². The second-order valence-electron chi connectivity index (χ2n) is 3.62. The van der Waals surface area contributed by atoms with Crippen molar-refractivity contribution >= 4 is 17.3 Å². The molecular formula is C11H20N4OS. The van der Waals surface area contributed by atoms with Gasteiger partial charge in [-0.05, 0) is 31.6 Å². The van der Waals surface area contributed by atoms with Gasteiger partial charge in [0.1, 0.15) is 0 Å². The summed E-state index contributed by atoms with van der Waals surface area (Å²) in [6, 6.07) is 1.99. The third kappa shape index (κ3) is 5.65. The molecule has 17 heavy (non-hydrogen) atoms. The molecule has 0 saturated carbocycles. The Bertz CT molecular complexity index is 340. The topological polar surface area (TPSA) is 51.1 Å². The average Bonchev–Trinajstić information content (AvgIpc) is 2.80. The maximum atomic E-state index is 5.14. The molecule has 6 heteroatoms. The van der Waals surface area contributed by atoms with Crippen LogP contribution in [0.2, 0.25) is 0 Å². The zero-order valence-electron chi connectivity index (χ0n) is 10.4. The van der Waals surface area contributed by atoms with Crippen LogP contribution < -0.4 is 10.6 Å². The van der Waals surface area contributed by atoms with Gasteiger partial charge in [-0.3, -0.25) is 4.68 Å². The van der Waals surface area contributed by atoms with Gasteiger partial charge < -0.3 is 15.4 Å². The Morgan fingerprint density at radius 3 is 3.00 bits per heavy atom. The predicted octanol–water partition coefficient (Wildman–Crippen LogP) is 0.904. The molecule has 1 aromatic heterocycles. The molecule has 0 saturated heterocycles. The van der Waals surface area contributed by atoms with Crippen molar-refractivity contribution in [2.24, 2.45) is 0 Å². The molecule has 0 aliphatic heterocycles. The minimum atomic E-state index is 0.656. The minimum absolute atomic E-state index is 0.656. The van der Waals surface area contributed by atoms with Crippen LogP contribution >= 0.6 is 12.2 Å². The molecule has 0 aliphatic rings. The van der Waals surface area contributed by atoms with Gasteiger partial charge in [-0.1, -0.05) is 0 Å². The number of methoxy groups -OCH3 is 1. The normalized spacial score (nSPS) is 10.2. The number of aryl methyl sites for hydroxylation is 1. The van der Waals surface area contributed by atoms with E-state index >= 15 is 0 Å². The number of ether oxygens (including phenoxy) is 1. The van der Waals surface area contributed by atoms with Gasteiger partial charge in [0.15, 0.2) is 5.11 Å². The summed E-state index contributed by atoms with van der Waals surface area (Å²) < 4.78 is 6.85. The SMILES string of the molecule is CCn1ccc(CNC(=S)NCCCOC)n1. The van der Waals surface area contributed by atoms with E-state index in [9.17, 15) is 0 Å². The van der Waals surface area contributed by atoms with Crippen LogP contribution in [0.1, 0.15) is 19.0 Å². The van der Waals surface area contributed by atoms with Crippen molar-refractivity contribution in [3.05, 3.63) is 18.0 Å². The summed E-state index contributed by atoms with van der Waals surface area (Å²) in [6.07, 6.45) is 2.91. The first kappa shape index (κ1) is 13.9. The molecule has 96 valence electrons. The highest BCUT2D eigenvalue weighted by molar-refractivity contribution is 7.80. The van der Waals surface area contributed by atoms with E-state index in [1.807, 2.05) is 16.9 Å². The first-order valence-corrected chi connectivity index (χ1v) is 6.20. The molecule has 0 fully saturated rings. The summed E-state index contributed by atoms with van der Waals surface area (Å²) in [5.74, 6) is 0. The predicted molar refractivity (Wildman–Crippen MR) is 71.8 cm³/mol. The van der Waals surface area contributed by atoms with Crippen molar-refractivity contribution in [2.75, 3.05) is 20.3 Å². The van der Waals surface area contributed by atoms with E-state index in [1.54, 1.807) is 7.11 Å². The van der Waals surface area contributed by atoms with Crippen LogP contribution in [-0.4, -0.2) is 35.2 Å². The zero-order chi connectivity index (χ0) is 12.5. The molecule has 1 rings (SSSR count). The van der Waals surface area contributed by atoms with Gasteiger partial charge in [0.2, 0.25) is 0 Å². The number of rotatable bonds is 7. The number of hydrogen-bond acceptors (Lipinski definition) is 3. The van der Waals surface area contributed by atoms with E-state index in [0.717, 1.165) is 31.8 Å². The van der Waals surface area contributed by atoms with Crippen LogP contribution in [0.15, 0.2) is 12.3 Å². The first-order valence-electron chi connectivity index (χ1n) is 5.79. The number of nitrogens with one attached hydrogen (secondary N) is 2. The first-order chi connectivity index (χ1) is 8.26. The Morgan fingerprint density at radius 2 is 2.35 bits per heavy atom. The maximum absolute atomic E-state index is 5.14. The highest BCUT2D eigenvalue weighted by Crippen LogP contribution is 1.94. The molecule has 0 unspecified atom stereocenters. The Hall–Kier alpha value is -1.14. The molecule has 0 bridgehead atoms. The van der Waals surface area contributed by atoms with Crippen molar-refractivity contribution in [3.8, 4) is 0 Å². The molecular weight excluding hydrogens is 236 g/mol. The summed E-state index contributed by atoms with van der Waals surface area (Å²) >= 11 is 5.14. The fraction of sp³-hybridized carbons (Fsp3) is 0.636. The number of thiocarbonyl (C=S) groups is 1. The molecule has 0 spiro atoms. The lowest BCUT2D eigenvalue weighted by Gasteiger charge is -2.08. The summed E-state index contributed by atoms with van der Waals surface area (Å²) in [4.78, 5) is 0. The molecule has 5 nitrogen and oxygen atoms in total. The summed E-state index contributed by atoms with van der Waals surface area (Å²) in [5, 5.41) is 11.2. The average molecular weight is 256 g/mol. The van der Waals surface area contributed by atoms with Gasteiger partial charge in [0.25, 0.3) is 0 Å². The largest absolute Gasteiger partial charge is 0.385 e. The van der Waals surface area contributed by atoms with Gasteiger partial charge >= 0.3 is 0 Å². The van der Waals surface area contributed by atoms with E-state index in [1.165, 1.54) is 0 Å². The van der Waals surface area contributed by atoms with Crippen LogP contribution in [0.25, 0.3) is 0 Å². The van der Waals surface area contributed by atoms with E-state index in [0.29, 0.717) is 11.7 Å². The molecule has 0 aliphatic carbocycles. The quantitative estimate of drug-likeness (QED) is 0.561. The van der Waals surface area contributed by atoms with Crippen LogP contribution in [0.4, 0.5) is 0 Å². The number of hydrogen-bond donors (Lipinski definition) is 2. The molecule has 0 atom stereocenters. The van der Waals surface area contributed by atoms with Gasteiger partial charge in [-0.25, -0.2) is 0 Å². The summed E-state index contributed by atoms with van der Waals surface area (Å²) in [7, 11) is 1.70. The number of aromatic nitrogens is 2. The smallest absolute Gasteiger partial charge is 0.166 e. The fourth-order valence-electron chi connectivity index (χ4n) is 1.33. The molecule has 0 radical (unpaired) electrons. The Morgan fingerprint density at radius 1 is 1.53 bits per heavy atom. The fourth-order valence-corrected chi connectivity index (χ4v) is 1.50. The van der Waals surface area contributed by atoms with Crippen molar-refractivity contribution < 1.29 is 4.74 Å². The standard InChI is InChI=1S/C11H20N4OS/c1-3-15-7-5-10(14-15)9-13-11(17)12-6-4-8-16-2/h5,7H,3-4,6,8-9H2,1-2H3,(H2,12,13,17). The van der Waals surface area contributed by atoms with Crippen LogP contribution in [0, 0.1) is 0 Å². The highest BCUT2D eigenvalue weighted by atomic mass is 32.1. The van der Waals surface area contributed by atoms with E-state index in [2.05, 4.69) is 22.7 Å². The lowest BCUT2D eigenvalue weighted by atomic mass is 10.4. The minimum Gasteiger partial charge on any atom is -0.385 e. The van der Waals surface area contributed by atoms with Gasteiger partial charge in [0.05, 0.1) is 12.2 Å². The monoisotopic (exact) mass is 256 g/mol. The molecule has 0 amide bonds. The van der Waals surface area contributed by atoms with Crippen LogP contribution in [0.3, 0.4) is 0 Å². The summed E-state index contributed by atoms with van der Waals surface area (Å²) in [6.45, 7) is 5.18. The second kappa shape index (κ2) is 8.03. The lowest BCUT2D eigenvalue weighted by Crippen LogP contribution is -2.35. The molecule has 0 aromatic carbocycles. The molecule has 2 N–H and O–H groups in total. The van der Waals surface area contributed by atoms with Crippen molar-refractivity contribution in [1.29, 1.82) is 0 Å². The van der Waals surface area contributed by atoms with Crippen molar-refractivity contribution in [3.63, 3.8) is 0 Å². The van der Waals surface area contributed by atoms with Gasteiger partial charge in [-0.15, -0.1) is 0 Å². The van der Waals surface area contributed by atoms with Crippen molar-refractivity contribution in [1.82, 2.24) is 20.4 Å².